The summed E-state index contributed by atoms with van der Waals surface area (Å²) in [6, 6.07) is 7.70. The lowest BCUT2D eigenvalue weighted by atomic mass is 9.75. The standard InChI is InChI=1S/C19H22F2N4.2C2HF3O2/c20-19(21)6-9-24(13-16-3-1-7-22-11-16)14-18(19)5-10-25(15-18)17-4-2-8-23-12-17;2*3-2(4,5)1(6)7/h1-4,7-8,11-12H,5-6,9-10,13-15H2;2*(H,6,7). The SMILES string of the molecule is FC1(F)CCN(Cc2cccnc2)CC12CCN(c1cccnc1)C2.O=C(O)C(F)(F)F.O=C(O)C(F)(F)F. The maximum absolute atomic E-state index is 14.9. The fraction of sp³-hybridized carbons (Fsp3) is 0.478. The molecule has 2 N–H and O–H groups in total. The van der Waals surface area contributed by atoms with Crippen LogP contribution in [0.5, 0.6) is 0 Å². The topological polar surface area (TPSA) is 107 Å². The molecule has 16 heteroatoms. The first-order valence-electron chi connectivity index (χ1n) is 11.2. The van der Waals surface area contributed by atoms with Crippen molar-refractivity contribution in [1.82, 2.24) is 14.9 Å². The van der Waals surface area contributed by atoms with Gasteiger partial charge >= 0.3 is 24.3 Å². The zero-order valence-electron chi connectivity index (χ0n) is 20.1. The Labute approximate surface area is 216 Å². The lowest BCUT2D eigenvalue weighted by Crippen LogP contribution is -2.56. The lowest BCUT2D eigenvalue weighted by Gasteiger charge is -2.46. The molecule has 1 spiro atoms. The lowest BCUT2D eigenvalue weighted by molar-refractivity contribution is -0.193. The van der Waals surface area contributed by atoms with Gasteiger partial charge in [-0.05, 0) is 30.2 Å². The minimum absolute atomic E-state index is 0.0753. The summed E-state index contributed by atoms with van der Waals surface area (Å²) in [7, 11) is 0. The summed E-state index contributed by atoms with van der Waals surface area (Å²) in [6.45, 7) is 2.57. The molecule has 216 valence electrons. The molecule has 39 heavy (non-hydrogen) atoms. The van der Waals surface area contributed by atoms with Gasteiger partial charge in [-0.25, -0.2) is 18.4 Å². The second-order valence-corrected chi connectivity index (χ2v) is 8.80. The zero-order chi connectivity index (χ0) is 29.5. The highest BCUT2D eigenvalue weighted by molar-refractivity contribution is 5.73. The summed E-state index contributed by atoms with van der Waals surface area (Å²) in [6.07, 6.45) is -2.71. The molecule has 2 fully saturated rings. The Hall–Kier alpha value is -3.56. The average molecular weight is 572 g/mol. The quantitative estimate of drug-likeness (QED) is 0.519. The minimum atomic E-state index is -5.08. The van der Waals surface area contributed by atoms with Crippen LogP contribution in [0.4, 0.5) is 40.8 Å². The van der Waals surface area contributed by atoms with Gasteiger partial charge in [0.05, 0.1) is 17.3 Å². The third-order valence-corrected chi connectivity index (χ3v) is 6.02. The molecule has 0 saturated carbocycles. The van der Waals surface area contributed by atoms with Gasteiger partial charge in [0.1, 0.15) is 0 Å². The first kappa shape index (κ1) is 31.7. The number of anilines is 1. The number of hydrogen-bond donors (Lipinski definition) is 2. The summed E-state index contributed by atoms with van der Waals surface area (Å²) in [5.74, 6) is -8.14. The maximum atomic E-state index is 14.9. The van der Waals surface area contributed by atoms with E-state index in [1.54, 1.807) is 18.6 Å². The largest absolute Gasteiger partial charge is 0.490 e. The number of halogens is 8. The molecule has 1 atom stereocenters. The van der Waals surface area contributed by atoms with Crippen molar-refractivity contribution >= 4 is 17.6 Å². The molecule has 0 radical (unpaired) electrons. The van der Waals surface area contributed by atoms with Gasteiger partial charge < -0.3 is 15.1 Å². The van der Waals surface area contributed by atoms with E-state index < -0.39 is 35.6 Å². The Morgan fingerprint density at radius 2 is 1.38 bits per heavy atom. The molecular weight excluding hydrogens is 548 g/mol. The van der Waals surface area contributed by atoms with Gasteiger partial charge in [-0.15, -0.1) is 0 Å². The van der Waals surface area contributed by atoms with Crippen molar-refractivity contribution in [1.29, 1.82) is 0 Å². The van der Waals surface area contributed by atoms with Crippen LogP contribution < -0.4 is 4.90 Å². The van der Waals surface area contributed by atoms with Crippen LogP contribution in [0.25, 0.3) is 0 Å². The van der Waals surface area contributed by atoms with Crippen molar-refractivity contribution in [2.75, 3.05) is 31.1 Å². The van der Waals surface area contributed by atoms with Crippen molar-refractivity contribution in [3.05, 3.63) is 54.6 Å². The molecule has 4 heterocycles. The second-order valence-electron chi connectivity index (χ2n) is 8.80. The highest BCUT2D eigenvalue weighted by Crippen LogP contribution is 2.50. The molecule has 2 aromatic rings. The molecular formula is C23H24F8N4O4. The van der Waals surface area contributed by atoms with E-state index in [0.29, 0.717) is 39.1 Å². The van der Waals surface area contributed by atoms with Gasteiger partial charge in [0.25, 0.3) is 5.92 Å². The first-order valence-corrected chi connectivity index (χ1v) is 11.2. The summed E-state index contributed by atoms with van der Waals surface area (Å²) in [5.41, 5.74) is 1.02. The van der Waals surface area contributed by atoms with E-state index in [0.717, 1.165) is 11.3 Å². The fourth-order valence-electron chi connectivity index (χ4n) is 4.13. The van der Waals surface area contributed by atoms with Crippen LogP contribution in [0.1, 0.15) is 18.4 Å². The average Bonchev–Trinajstić information content (AvgIpc) is 3.28. The first-order chi connectivity index (χ1) is 18.0. The number of nitrogens with zero attached hydrogens (tertiary/aromatic N) is 4. The van der Waals surface area contributed by atoms with Crippen molar-refractivity contribution in [2.45, 2.75) is 37.7 Å². The molecule has 1 unspecified atom stereocenters. The number of rotatable bonds is 3. The summed E-state index contributed by atoms with van der Waals surface area (Å²) >= 11 is 0. The fourth-order valence-corrected chi connectivity index (χ4v) is 4.13. The van der Waals surface area contributed by atoms with Gasteiger partial charge in [-0.1, -0.05) is 6.07 Å². The number of piperidine rings is 1. The normalized spacial score (nSPS) is 20.9. The molecule has 8 nitrogen and oxygen atoms in total. The summed E-state index contributed by atoms with van der Waals surface area (Å²) in [4.78, 5) is 30.2. The Morgan fingerprint density at radius 3 is 1.85 bits per heavy atom. The number of aliphatic carboxylic acids is 2. The number of hydrogen-bond acceptors (Lipinski definition) is 6. The molecule has 0 amide bonds. The molecule has 2 aliphatic heterocycles. The Bertz CT molecular complexity index is 1060. The van der Waals surface area contributed by atoms with Crippen LogP contribution in [0.3, 0.4) is 0 Å². The molecule has 2 aliphatic rings. The number of carboxylic acid groups (broad SMARTS) is 2. The van der Waals surface area contributed by atoms with Crippen molar-refractivity contribution < 1.29 is 54.9 Å². The van der Waals surface area contributed by atoms with Crippen LogP contribution >= 0.6 is 0 Å². The monoisotopic (exact) mass is 572 g/mol. The number of carboxylic acids is 2. The van der Waals surface area contributed by atoms with E-state index in [-0.39, 0.29) is 6.42 Å². The van der Waals surface area contributed by atoms with Crippen LogP contribution in [-0.2, 0) is 16.1 Å². The third-order valence-electron chi connectivity index (χ3n) is 6.02. The number of carbonyl (C=O) groups is 2. The van der Waals surface area contributed by atoms with E-state index in [2.05, 4.69) is 19.8 Å². The van der Waals surface area contributed by atoms with E-state index in [4.69, 9.17) is 19.8 Å². The van der Waals surface area contributed by atoms with Crippen molar-refractivity contribution in [3.8, 4) is 0 Å². The third kappa shape index (κ3) is 9.01. The zero-order valence-corrected chi connectivity index (χ0v) is 20.1. The van der Waals surface area contributed by atoms with Crippen molar-refractivity contribution in [2.24, 2.45) is 5.41 Å². The van der Waals surface area contributed by atoms with Crippen LogP contribution in [0, 0.1) is 5.41 Å². The highest BCUT2D eigenvalue weighted by Gasteiger charge is 2.59. The number of aromatic nitrogens is 2. The molecule has 0 bridgehead atoms. The predicted molar refractivity (Wildman–Crippen MR) is 120 cm³/mol. The minimum Gasteiger partial charge on any atom is -0.475 e. The Balaban J connectivity index is 0.000000317. The van der Waals surface area contributed by atoms with Gasteiger partial charge in [0, 0.05) is 57.7 Å². The number of likely N-dealkylation sites (tertiary alicyclic amines) is 1. The van der Waals surface area contributed by atoms with E-state index >= 15 is 0 Å². The second kappa shape index (κ2) is 12.5. The van der Waals surface area contributed by atoms with E-state index in [1.807, 2.05) is 30.5 Å². The van der Waals surface area contributed by atoms with Crippen LogP contribution in [-0.4, -0.2) is 81.5 Å². The predicted octanol–water partition coefficient (Wildman–Crippen LogP) is 4.48. The molecule has 2 saturated heterocycles. The molecule has 2 aromatic heterocycles. The highest BCUT2D eigenvalue weighted by atomic mass is 19.4. The van der Waals surface area contributed by atoms with Gasteiger partial charge in [-0.2, -0.15) is 26.3 Å². The molecule has 0 aromatic carbocycles. The Kier molecular flexibility index (Phi) is 10.2. The van der Waals surface area contributed by atoms with Gasteiger partial charge in [-0.3, -0.25) is 14.9 Å². The van der Waals surface area contributed by atoms with Crippen molar-refractivity contribution in [3.63, 3.8) is 0 Å². The molecule has 4 rings (SSSR count). The van der Waals surface area contributed by atoms with E-state index in [9.17, 15) is 35.1 Å². The summed E-state index contributed by atoms with van der Waals surface area (Å²) in [5, 5.41) is 14.2. The molecule has 0 aliphatic carbocycles. The van der Waals surface area contributed by atoms with Crippen LogP contribution in [0.2, 0.25) is 0 Å². The van der Waals surface area contributed by atoms with E-state index in [1.165, 1.54) is 0 Å². The van der Waals surface area contributed by atoms with Gasteiger partial charge in [0.2, 0.25) is 0 Å². The maximum Gasteiger partial charge on any atom is 0.490 e. The summed E-state index contributed by atoms with van der Waals surface area (Å²) < 4.78 is 93.2. The van der Waals surface area contributed by atoms with Gasteiger partial charge in [0.15, 0.2) is 0 Å². The Morgan fingerprint density at radius 1 is 0.846 bits per heavy atom. The number of alkyl halides is 8. The number of pyridine rings is 2. The van der Waals surface area contributed by atoms with Crippen LogP contribution in [0.15, 0.2) is 49.1 Å². The smallest absolute Gasteiger partial charge is 0.475 e.